The fourth-order valence-electron chi connectivity index (χ4n) is 4.28. The summed E-state index contributed by atoms with van der Waals surface area (Å²) in [6.45, 7) is 7.60. The second-order valence-corrected chi connectivity index (χ2v) is 8.96. The number of benzene rings is 1. The van der Waals surface area contributed by atoms with E-state index in [9.17, 15) is 5.11 Å². The minimum absolute atomic E-state index is 0.532. The van der Waals surface area contributed by atoms with Crippen LogP contribution in [-0.2, 0) is 0 Å². The third-order valence-corrected chi connectivity index (χ3v) is 6.30. The van der Waals surface area contributed by atoms with Gasteiger partial charge in [0.25, 0.3) is 0 Å². The molecule has 8 heteroatoms. The highest BCUT2D eigenvalue weighted by Gasteiger charge is 2.28. The van der Waals surface area contributed by atoms with E-state index in [1.165, 1.54) is 25.9 Å². The maximum Gasteiger partial charge on any atom is 0.229 e. The lowest BCUT2D eigenvalue weighted by Gasteiger charge is -2.36. The molecule has 1 aromatic carbocycles. The Morgan fingerprint density at radius 2 is 1.88 bits per heavy atom. The Balaban J connectivity index is 1.36. The van der Waals surface area contributed by atoms with Gasteiger partial charge in [-0.25, -0.2) is 4.98 Å². The second-order valence-electron chi connectivity index (χ2n) is 8.96. The largest absolute Gasteiger partial charge is 0.493 e. The molecule has 0 amide bonds. The standard InChI is InChI=1S/C24H35N5O3/c1-24(30)9-15-29(16-10-24)22-8-11-25-23(27-22)26-19-6-7-20(31-2)21(18-19)32-17-5-14-28-12-3-4-13-28/h6-8,11,18,30H,3-5,9-10,12-17H2,1-2H3,(H,25,26,27). The quantitative estimate of drug-likeness (QED) is 0.573. The maximum atomic E-state index is 10.2. The molecule has 174 valence electrons. The number of methoxy groups -OCH3 is 1. The van der Waals surface area contributed by atoms with Gasteiger partial charge < -0.3 is 29.7 Å². The summed E-state index contributed by atoms with van der Waals surface area (Å²) in [6.07, 6.45) is 6.84. The molecule has 0 saturated carbocycles. The monoisotopic (exact) mass is 441 g/mol. The van der Waals surface area contributed by atoms with Gasteiger partial charge in [-0.2, -0.15) is 4.98 Å². The molecule has 0 aliphatic carbocycles. The summed E-state index contributed by atoms with van der Waals surface area (Å²) < 4.78 is 11.5. The van der Waals surface area contributed by atoms with E-state index in [0.29, 0.717) is 24.1 Å². The van der Waals surface area contributed by atoms with Crippen LogP contribution in [0.2, 0.25) is 0 Å². The second kappa shape index (κ2) is 10.4. The summed E-state index contributed by atoms with van der Waals surface area (Å²) in [7, 11) is 1.65. The molecule has 2 fully saturated rings. The number of rotatable bonds is 9. The van der Waals surface area contributed by atoms with Gasteiger partial charge >= 0.3 is 0 Å². The molecule has 2 aliphatic rings. The average molecular weight is 442 g/mol. The van der Waals surface area contributed by atoms with Gasteiger partial charge in [0.05, 0.1) is 19.3 Å². The van der Waals surface area contributed by atoms with Crippen LogP contribution >= 0.6 is 0 Å². The molecule has 2 N–H and O–H groups in total. The minimum atomic E-state index is -0.585. The van der Waals surface area contributed by atoms with Gasteiger partial charge in [-0.1, -0.05) is 0 Å². The lowest BCUT2D eigenvalue weighted by atomic mass is 9.94. The van der Waals surface area contributed by atoms with Gasteiger partial charge in [-0.15, -0.1) is 0 Å². The predicted octanol–water partition coefficient (Wildman–Crippen LogP) is 3.44. The molecule has 0 atom stereocenters. The van der Waals surface area contributed by atoms with E-state index < -0.39 is 5.60 Å². The fraction of sp³-hybridized carbons (Fsp3) is 0.583. The Morgan fingerprint density at radius 3 is 2.62 bits per heavy atom. The van der Waals surface area contributed by atoms with E-state index in [4.69, 9.17) is 9.47 Å². The van der Waals surface area contributed by atoms with Crippen LogP contribution in [0.25, 0.3) is 0 Å². The van der Waals surface area contributed by atoms with Gasteiger partial charge in [0.1, 0.15) is 5.82 Å². The van der Waals surface area contributed by atoms with Crippen LogP contribution in [0.5, 0.6) is 11.5 Å². The predicted molar refractivity (Wildman–Crippen MR) is 126 cm³/mol. The summed E-state index contributed by atoms with van der Waals surface area (Å²) in [5.41, 5.74) is 0.262. The van der Waals surface area contributed by atoms with E-state index >= 15 is 0 Å². The number of anilines is 3. The highest BCUT2D eigenvalue weighted by Crippen LogP contribution is 2.32. The highest BCUT2D eigenvalue weighted by molar-refractivity contribution is 5.60. The Hall–Kier alpha value is -2.58. The third-order valence-electron chi connectivity index (χ3n) is 6.30. The van der Waals surface area contributed by atoms with Gasteiger partial charge in [-0.05, 0) is 70.3 Å². The van der Waals surface area contributed by atoms with Crippen LogP contribution in [0, 0.1) is 0 Å². The summed E-state index contributed by atoms with van der Waals surface area (Å²) >= 11 is 0. The van der Waals surface area contributed by atoms with E-state index in [-0.39, 0.29) is 0 Å². The lowest BCUT2D eigenvalue weighted by Crippen LogP contribution is -2.42. The van der Waals surface area contributed by atoms with Crippen molar-refractivity contribution in [3.63, 3.8) is 0 Å². The molecule has 3 heterocycles. The zero-order chi connectivity index (χ0) is 22.4. The van der Waals surface area contributed by atoms with Crippen molar-refractivity contribution in [3.05, 3.63) is 30.5 Å². The molecule has 8 nitrogen and oxygen atoms in total. The van der Waals surface area contributed by atoms with Crippen LogP contribution in [0.4, 0.5) is 17.5 Å². The zero-order valence-corrected chi connectivity index (χ0v) is 19.2. The molecule has 0 radical (unpaired) electrons. The maximum absolute atomic E-state index is 10.2. The van der Waals surface area contributed by atoms with E-state index in [1.54, 1.807) is 13.3 Å². The molecule has 2 aliphatic heterocycles. The lowest BCUT2D eigenvalue weighted by molar-refractivity contribution is 0.0350. The zero-order valence-electron chi connectivity index (χ0n) is 19.2. The first kappa shape index (κ1) is 22.6. The summed E-state index contributed by atoms with van der Waals surface area (Å²) in [6, 6.07) is 7.68. The number of hydrogen-bond donors (Lipinski definition) is 2. The molecular weight excluding hydrogens is 406 g/mol. The number of likely N-dealkylation sites (tertiary alicyclic amines) is 1. The van der Waals surface area contributed by atoms with Gasteiger partial charge in [-0.3, -0.25) is 0 Å². The number of hydrogen-bond acceptors (Lipinski definition) is 8. The average Bonchev–Trinajstić information content (AvgIpc) is 3.31. The molecule has 2 saturated heterocycles. The minimum Gasteiger partial charge on any atom is -0.493 e. The number of piperidine rings is 1. The van der Waals surface area contributed by atoms with E-state index in [1.807, 2.05) is 31.2 Å². The number of nitrogens with one attached hydrogen (secondary N) is 1. The van der Waals surface area contributed by atoms with E-state index in [0.717, 1.165) is 50.4 Å². The topological polar surface area (TPSA) is 83.0 Å². The molecule has 4 rings (SSSR count). The Morgan fingerprint density at radius 1 is 1.09 bits per heavy atom. The van der Waals surface area contributed by atoms with Crippen molar-refractivity contribution in [3.8, 4) is 11.5 Å². The van der Waals surface area contributed by atoms with Crippen LogP contribution in [0.15, 0.2) is 30.5 Å². The van der Waals surface area contributed by atoms with Crippen molar-refractivity contribution in [1.82, 2.24) is 14.9 Å². The van der Waals surface area contributed by atoms with Crippen LogP contribution in [0.1, 0.15) is 39.0 Å². The van der Waals surface area contributed by atoms with Crippen LogP contribution < -0.4 is 19.7 Å². The van der Waals surface area contributed by atoms with Crippen molar-refractivity contribution in [2.24, 2.45) is 0 Å². The number of ether oxygens (including phenoxy) is 2. The normalized spacial score (nSPS) is 18.5. The smallest absolute Gasteiger partial charge is 0.229 e. The molecule has 0 unspecified atom stereocenters. The van der Waals surface area contributed by atoms with Gasteiger partial charge in [0.15, 0.2) is 11.5 Å². The summed E-state index contributed by atoms with van der Waals surface area (Å²) in [5.74, 6) is 2.83. The number of aliphatic hydroxyl groups is 1. The van der Waals surface area contributed by atoms with E-state index in [2.05, 4.69) is 25.1 Å². The molecule has 1 aromatic heterocycles. The van der Waals surface area contributed by atoms with Crippen LogP contribution in [-0.4, -0.2) is 72.0 Å². The molecular formula is C24H35N5O3. The summed E-state index contributed by atoms with van der Waals surface area (Å²) in [5, 5.41) is 13.5. The Kier molecular flexibility index (Phi) is 7.32. The molecule has 32 heavy (non-hydrogen) atoms. The first-order valence-corrected chi connectivity index (χ1v) is 11.6. The summed E-state index contributed by atoms with van der Waals surface area (Å²) in [4.78, 5) is 13.7. The number of nitrogens with zero attached hydrogens (tertiary/aromatic N) is 4. The van der Waals surface area contributed by atoms with Gasteiger partial charge in [0.2, 0.25) is 5.95 Å². The van der Waals surface area contributed by atoms with Crippen LogP contribution in [0.3, 0.4) is 0 Å². The van der Waals surface area contributed by atoms with Crippen molar-refractivity contribution in [2.45, 2.75) is 44.6 Å². The third kappa shape index (κ3) is 6.01. The SMILES string of the molecule is COc1ccc(Nc2nccc(N3CCC(C)(O)CC3)n2)cc1OCCCN1CCCC1. The van der Waals surface area contributed by atoms with Crippen molar-refractivity contribution >= 4 is 17.5 Å². The van der Waals surface area contributed by atoms with Crippen molar-refractivity contribution < 1.29 is 14.6 Å². The fourth-order valence-corrected chi connectivity index (χ4v) is 4.28. The van der Waals surface area contributed by atoms with Crippen molar-refractivity contribution in [1.29, 1.82) is 0 Å². The molecule has 0 bridgehead atoms. The molecule has 2 aromatic rings. The highest BCUT2D eigenvalue weighted by atomic mass is 16.5. The van der Waals surface area contributed by atoms with Crippen molar-refractivity contribution in [2.75, 3.05) is 56.7 Å². The Bertz CT molecular complexity index is 876. The molecule has 0 spiro atoms. The first-order valence-electron chi connectivity index (χ1n) is 11.6. The van der Waals surface area contributed by atoms with Gasteiger partial charge in [0, 0.05) is 37.6 Å². The first-order chi connectivity index (χ1) is 15.5. The Labute approximate surface area is 190 Å². The number of aromatic nitrogens is 2.